The first-order valence-electron chi connectivity index (χ1n) is 8.02. The van der Waals surface area contributed by atoms with Crippen LogP contribution in [-0.4, -0.2) is 22.5 Å². The highest BCUT2D eigenvalue weighted by atomic mass is 35.5. The summed E-state index contributed by atoms with van der Waals surface area (Å²) in [7, 11) is 0. The second kappa shape index (κ2) is 7.29. The Labute approximate surface area is 153 Å². The third-order valence-electron chi connectivity index (χ3n) is 4.00. The minimum atomic E-state index is -1.01. The van der Waals surface area contributed by atoms with Crippen molar-refractivity contribution in [2.24, 2.45) is 0 Å². The van der Waals surface area contributed by atoms with Crippen LogP contribution in [0.25, 0.3) is 22.0 Å². The zero-order chi connectivity index (χ0) is 18.8. The summed E-state index contributed by atoms with van der Waals surface area (Å²) in [6.07, 6.45) is 4.18. The van der Waals surface area contributed by atoms with Gasteiger partial charge in [-0.2, -0.15) is 0 Å². The Morgan fingerprint density at radius 1 is 1.38 bits per heavy atom. The summed E-state index contributed by atoms with van der Waals surface area (Å²) in [5.41, 5.74) is 4.78. The van der Waals surface area contributed by atoms with Crippen molar-refractivity contribution in [2.75, 3.05) is 12.3 Å². The number of aromatic amines is 1. The number of hydrogen-bond acceptors (Lipinski definition) is 4. The van der Waals surface area contributed by atoms with Gasteiger partial charge in [0, 0.05) is 23.3 Å². The van der Waals surface area contributed by atoms with E-state index in [4.69, 9.17) is 22.1 Å². The maximum absolute atomic E-state index is 15.0. The second-order valence-electron chi connectivity index (χ2n) is 5.69. The van der Waals surface area contributed by atoms with Crippen molar-refractivity contribution >= 4 is 34.2 Å². The van der Waals surface area contributed by atoms with E-state index in [0.29, 0.717) is 6.42 Å². The first-order valence-corrected chi connectivity index (χ1v) is 8.40. The van der Waals surface area contributed by atoms with Crippen LogP contribution in [0.4, 0.5) is 14.5 Å². The number of rotatable bonds is 5. The summed E-state index contributed by atoms with van der Waals surface area (Å²) in [5, 5.41) is 0.161. The number of nitrogens with zero attached hydrogens (tertiary/aromatic N) is 1. The molecular formula is C18H16ClF2N3O2. The molecule has 0 aliphatic rings. The van der Waals surface area contributed by atoms with Crippen LogP contribution >= 0.6 is 11.6 Å². The van der Waals surface area contributed by atoms with Gasteiger partial charge in [0.2, 0.25) is 0 Å². The summed E-state index contributed by atoms with van der Waals surface area (Å²) < 4.78 is 35.0. The molecule has 136 valence electrons. The highest BCUT2D eigenvalue weighted by molar-refractivity contribution is 6.36. The number of hydrogen-bond donors (Lipinski definition) is 2. The number of ether oxygens (including phenoxy) is 1. The fraction of sp³-hybridized carbons (Fsp3) is 0.222. The predicted molar refractivity (Wildman–Crippen MR) is 96.1 cm³/mol. The molecule has 1 aromatic carbocycles. The summed E-state index contributed by atoms with van der Waals surface area (Å²) >= 11 is 5.94. The molecular weight excluding hydrogens is 364 g/mol. The maximum Gasteiger partial charge on any atom is 0.357 e. The van der Waals surface area contributed by atoms with E-state index in [2.05, 4.69) is 9.97 Å². The normalized spacial score (nSPS) is 11.1. The number of unbranched alkanes of at least 4 members (excludes halogenated alkanes) is 1. The van der Waals surface area contributed by atoms with E-state index >= 15 is 0 Å². The van der Waals surface area contributed by atoms with E-state index in [-0.39, 0.29) is 39.5 Å². The van der Waals surface area contributed by atoms with Crippen molar-refractivity contribution in [2.45, 2.75) is 19.8 Å². The molecule has 0 amide bonds. The van der Waals surface area contributed by atoms with Gasteiger partial charge in [-0.05, 0) is 12.5 Å². The summed E-state index contributed by atoms with van der Waals surface area (Å²) in [6, 6.07) is 2.86. The molecule has 3 aromatic rings. The number of H-pyrrole nitrogens is 1. The van der Waals surface area contributed by atoms with Gasteiger partial charge in [-0.3, -0.25) is 0 Å². The number of esters is 1. The Morgan fingerprint density at radius 2 is 2.15 bits per heavy atom. The standard InChI is InChI=1S/C18H16ClF2N3O2/c1-2-3-7-26-18(25)16-9(5-4-6-23-16)11-13(20)15(22)12-10(19)8-24-17(12)14(11)21/h4-6,8,24H,2-3,7,22H2,1H3. The van der Waals surface area contributed by atoms with Crippen LogP contribution in [0.15, 0.2) is 24.5 Å². The molecule has 3 N–H and O–H groups in total. The Bertz CT molecular complexity index is 988. The number of nitrogens with two attached hydrogens (primary N) is 1. The Hall–Kier alpha value is -2.67. The number of fused-ring (bicyclic) bond motifs is 1. The van der Waals surface area contributed by atoms with Crippen molar-refractivity contribution in [3.8, 4) is 11.1 Å². The minimum Gasteiger partial charge on any atom is -0.461 e. The van der Waals surface area contributed by atoms with Gasteiger partial charge in [-0.1, -0.05) is 31.0 Å². The van der Waals surface area contributed by atoms with Gasteiger partial charge in [-0.15, -0.1) is 0 Å². The first-order chi connectivity index (χ1) is 12.5. The van der Waals surface area contributed by atoms with E-state index < -0.39 is 23.2 Å². The smallest absolute Gasteiger partial charge is 0.357 e. The highest BCUT2D eigenvalue weighted by Crippen LogP contribution is 2.40. The fourth-order valence-corrected chi connectivity index (χ4v) is 2.94. The number of pyridine rings is 1. The van der Waals surface area contributed by atoms with Gasteiger partial charge in [0.1, 0.15) is 0 Å². The molecule has 8 heteroatoms. The van der Waals surface area contributed by atoms with Crippen molar-refractivity contribution < 1.29 is 18.3 Å². The van der Waals surface area contributed by atoms with Crippen LogP contribution < -0.4 is 5.73 Å². The lowest BCUT2D eigenvalue weighted by Gasteiger charge is -2.13. The predicted octanol–water partition coefficient (Wildman–Crippen LogP) is 4.70. The number of carbonyl (C=O) groups is 1. The SMILES string of the molecule is CCCCOC(=O)c1ncccc1-c1c(F)c(N)c2c(Cl)c[nH]c2c1F. The number of nitrogens with one attached hydrogen (secondary N) is 1. The molecule has 0 spiro atoms. The molecule has 0 atom stereocenters. The summed E-state index contributed by atoms with van der Waals surface area (Å²) in [5.74, 6) is -2.67. The van der Waals surface area contributed by atoms with Crippen molar-refractivity contribution in [3.05, 3.63) is 46.9 Å². The number of carbonyl (C=O) groups excluding carboxylic acids is 1. The average molecular weight is 380 g/mol. The van der Waals surface area contributed by atoms with Gasteiger partial charge in [0.15, 0.2) is 17.3 Å². The van der Waals surface area contributed by atoms with Gasteiger partial charge in [0.25, 0.3) is 0 Å². The summed E-state index contributed by atoms with van der Waals surface area (Å²) in [6.45, 7) is 2.15. The highest BCUT2D eigenvalue weighted by Gasteiger charge is 2.26. The number of anilines is 1. The van der Waals surface area contributed by atoms with Crippen LogP contribution in [0.5, 0.6) is 0 Å². The number of halogens is 3. The molecule has 0 aliphatic carbocycles. The zero-order valence-corrected chi connectivity index (χ0v) is 14.7. The van der Waals surface area contributed by atoms with Crippen LogP contribution in [0, 0.1) is 11.6 Å². The quantitative estimate of drug-likeness (QED) is 0.382. The minimum absolute atomic E-state index is 0.0386. The first kappa shape index (κ1) is 18.1. The maximum atomic E-state index is 15.0. The molecule has 0 unspecified atom stereocenters. The van der Waals surface area contributed by atoms with E-state index in [1.54, 1.807) is 0 Å². The molecule has 0 saturated heterocycles. The number of benzene rings is 1. The largest absolute Gasteiger partial charge is 0.461 e. The lowest BCUT2D eigenvalue weighted by molar-refractivity contribution is 0.0494. The average Bonchev–Trinajstić information content (AvgIpc) is 3.02. The molecule has 0 fully saturated rings. The molecule has 0 aliphatic heterocycles. The molecule has 0 bridgehead atoms. The second-order valence-corrected chi connectivity index (χ2v) is 6.10. The Morgan fingerprint density at radius 3 is 2.88 bits per heavy atom. The Balaban J connectivity index is 2.18. The van der Waals surface area contributed by atoms with Crippen LogP contribution in [0.2, 0.25) is 5.02 Å². The van der Waals surface area contributed by atoms with Gasteiger partial charge >= 0.3 is 5.97 Å². The molecule has 5 nitrogen and oxygen atoms in total. The van der Waals surface area contributed by atoms with E-state index in [1.165, 1.54) is 24.5 Å². The van der Waals surface area contributed by atoms with Crippen LogP contribution in [0.3, 0.4) is 0 Å². The van der Waals surface area contributed by atoms with E-state index in [0.717, 1.165) is 6.42 Å². The number of aromatic nitrogens is 2. The lowest BCUT2D eigenvalue weighted by Crippen LogP contribution is -2.11. The topological polar surface area (TPSA) is 81.0 Å². The van der Waals surface area contributed by atoms with E-state index in [1.807, 2.05) is 6.92 Å². The Kier molecular flexibility index (Phi) is 5.08. The van der Waals surface area contributed by atoms with Gasteiger partial charge in [-0.25, -0.2) is 18.6 Å². The zero-order valence-electron chi connectivity index (χ0n) is 13.9. The molecule has 2 heterocycles. The van der Waals surface area contributed by atoms with Crippen molar-refractivity contribution in [3.63, 3.8) is 0 Å². The number of nitrogen functional groups attached to an aromatic ring is 1. The molecule has 2 aromatic heterocycles. The molecule has 0 radical (unpaired) electrons. The van der Waals surface area contributed by atoms with Crippen molar-refractivity contribution in [1.29, 1.82) is 0 Å². The van der Waals surface area contributed by atoms with E-state index in [9.17, 15) is 13.6 Å². The van der Waals surface area contributed by atoms with Crippen LogP contribution in [-0.2, 0) is 4.74 Å². The van der Waals surface area contributed by atoms with Crippen LogP contribution in [0.1, 0.15) is 30.3 Å². The third-order valence-corrected chi connectivity index (χ3v) is 4.30. The van der Waals surface area contributed by atoms with Crippen molar-refractivity contribution in [1.82, 2.24) is 9.97 Å². The monoisotopic (exact) mass is 379 g/mol. The molecule has 0 saturated carbocycles. The molecule has 26 heavy (non-hydrogen) atoms. The van der Waals surface area contributed by atoms with Gasteiger partial charge in [0.05, 0.1) is 28.4 Å². The fourth-order valence-electron chi connectivity index (χ4n) is 2.69. The van der Waals surface area contributed by atoms with Gasteiger partial charge < -0.3 is 15.5 Å². The molecule has 3 rings (SSSR count). The summed E-state index contributed by atoms with van der Waals surface area (Å²) in [4.78, 5) is 18.9. The third kappa shape index (κ3) is 2.99. The lowest BCUT2D eigenvalue weighted by atomic mass is 9.99.